The first-order valence-corrected chi connectivity index (χ1v) is 11.5. The third-order valence-electron chi connectivity index (χ3n) is 6.20. The number of aromatic nitrogens is 2. The van der Waals surface area contributed by atoms with Gasteiger partial charge in [0.25, 0.3) is 0 Å². The number of nitrogens with one attached hydrogen (secondary N) is 2. The van der Waals surface area contributed by atoms with Crippen LogP contribution in [0, 0.1) is 13.8 Å². The van der Waals surface area contributed by atoms with Crippen LogP contribution < -0.4 is 10.6 Å². The van der Waals surface area contributed by atoms with Gasteiger partial charge in [-0.25, -0.2) is 4.99 Å². The molecule has 2 aromatic rings. The molecule has 0 bridgehead atoms. The van der Waals surface area contributed by atoms with Gasteiger partial charge in [0.2, 0.25) is 0 Å². The van der Waals surface area contributed by atoms with E-state index in [0.29, 0.717) is 6.54 Å². The van der Waals surface area contributed by atoms with Gasteiger partial charge in [0.15, 0.2) is 5.96 Å². The zero-order chi connectivity index (χ0) is 22.2. The Morgan fingerprint density at radius 2 is 1.61 bits per heavy atom. The van der Waals surface area contributed by atoms with Crippen molar-refractivity contribution in [1.82, 2.24) is 30.2 Å². The Hall–Kier alpha value is -2.38. The van der Waals surface area contributed by atoms with Gasteiger partial charge in [-0.1, -0.05) is 31.2 Å². The average molecular weight is 426 g/mol. The van der Waals surface area contributed by atoms with Crippen LogP contribution in [0.1, 0.15) is 41.9 Å². The molecule has 2 N–H and O–H groups in total. The van der Waals surface area contributed by atoms with Gasteiger partial charge < -0.3 is 15.5 Å². The highest BCUT2D eigenvalue weighted by Gasteiger charge is 2.15. The van der Waals surface area contributed by atoms with E-state index in [2.05, 4.69) is 77.5 Å². The summed E-state index contributed by atoms with van der Waals surface area (Å²) in [6, 6.07) is 8.92. The smallest absolute Gasteiger partial charge is 0.191 e. The van der Waals surface area contributed by atoms with Gasteiger partial charge in [-0.3, -0.25) is 9.58 Å². The summed E-state index contributed by atoms with van der Waals surface area (Å²) in [7, 11) is 1.99. The minimum absolute atomic E-state index is 0.662. The van der Waals surface area contributed by atoms with Gasteiger partial charge >= 0.3 is 0 Å². The number of rotatable bonds is 8. The number of hydrogen-bond acceptors (Lipinski definition) is 4. The van der Waals surface area contributed by atoms with E-state index in [1.54, 1.807) is 0 Å². The zero-order valence-electron chi connectivity index (χ0n) is 19.9. The quantitative estimate of drug-likeness (QED) is 0.503. The predicted molar refractivity (Wildman–Crippen MR) is 128 cm³/mol. The number of aryl methyl sites for hydroxylation is 2. The Bertz CT molecular complexity index is 846. The van der Waals surface area contributed by atoms with Crippen LogP contribution in [0.3, 0.4) is 0 Å². The van der Waals surface area contributed by atoms with Crippen molar-refractivity contribution in [1.29, 1.82) is 0 Å². The molecule has 3 rings (SSSR count). The summed E-state index contributed by atoms with van der Waals surface area (Å²) in [6.45, 7) is 17.6. The van der Waals surface area contributed by atoms with Crippen molar-refractivity contribution in [3.05, 3.63) is 52.3 Å². The second-order valence-electron chi connectivity index (χ2n) is 8.35. The Morgan fingerprint density at radius 3 is 2.19 bits per heavy atom. The number of guanidine groups is 1. The molecule has 31 heavy (non-hydrogen) atoms. The van der Waals surface area contributed by atoms with Crippen molar-refractivity contribution in [2.75, 3.05) is 39.3 Å². The van der Waals surface area contributed by atoms with Gasteiger partial charge in [-0.15, -0.1) is 0 Å². The molecule has 1 aliphatic rings. The lowest BCUT2D eigenvalue weighted by atomic mass is 10.1. The minimum atomic E-state index is 0.662. The van der Waals surface area contributed by atoms with Crippen molar-refractivity contribution in [3.63, 3.8) is 0 Å². The molecule has 0 spiro atoms. The van der Waals surface area contributed by atoms with E-state index in [9.17, 15) is 0 Å². The fourth-order valence-electron chi connectivity index (χ4n) is 4.03. The van der Waals surface area contributed by atoms with Crippen molar-refractivity contribution in [2.24, 2.45) is 12.0 Å². The Balaban J connectivity index is 1.53. The molecule has 170 valence electrons. The molecule has 1 fully saturated rings. The fourth-order valence-corrected chi connectivity index (χ4v) is 4.03. The lowest BCUT2D eigenvalue weighted by Gasteiger charge is -2.34. The summed E-state index contributed by atoms with van der Waals surface area (Å²) >= 11 is 0. The van der Waals surface area contributed by atoms with Crippen LogP contribution in [0.5, 0.6) is 0 Å². The summed E-state index contributed by atoms with van der Waals surface area (Å²) in [4.78, 5) is 9.85. The first kappa shape index (κ1) is 23.3. The summed E-state index contributed by atoms with van der Waals surface area (Å²) < 4.78 is 1.93. The summed E-state index contributed by atoms with van der Waals surface area (Å²) in [6.07, 6.45) is 0. The second kappa shape index (κ2) is 11.3. The zero-order valence-corrected chi connectivity index (χ0v) is 19.9. The molecule has 0 aliphatic carbocycles. The first-order valence-electron chi connectivity index (χ1n) is 11.5. The van der Waals surface area contributed by atoms with Crippen molar-refractivity contribution < 1.29 is 0 Å². The minimum Gasteiger partial charge on any atom is -0.357 e. The Morgan fingerprint density at radius 1 is 0.968 bits per heavy atom. The maximum absolute atomic E-state index is 4.78. The SMILES string of the molecule is CCNC(=NCc1ccc(CN2CCN(CC)CC2)cc1)NCc1c(C)nn(C)c1C. The van der Waals surface area contributed by atoms with Gasteiger partial charge in [-0.2, -0.15) is 5.10 Å². The molecular weight excluding hydrogens is 386 g/mol. The van der Waals surface area contributed by atoms with Crippen LogP contribution in [0.2, 0.25) is 0 Å². The van der Waals surface area contributed by atoms with Gasteiger partial charge in [-0.05, 0) is 38.4 Å². The van der Waals surface area contributed by atoms with Crippen molar-refractivity contribution >= 4 is 5.96 Å². The van der Waals surface area contributed by atoms with Crippen LogP contribution >= 0.6 is 0 Å². The highest BCUT2D eigenvalue weighted by molar-refractivity contribution is 5.79. The number of piperazine rings is 1. The summed E-state index contributed by atoms with van der Waals surface area (Å²) in [5.74, 6) is 0.836. The lowest BCUT2D eigenvalue weighted by Crippen LogP contribution is -2.45. The van der Waals surface area contributed by atoms with Crippen LogP contribution in [0.15, 0.2) is 29.3 Å². The van der Waals surface area contributed by atoms with Gasteiger partial charge in [0, 0.05) is 64.1 Å². The Kier molecular flexibility index (Phi) is 8.49. The van der Waals surface area contributed by atoms with E-state index in [1.165, 1.54) is 35.5 Å². The number of hydrogen-bond donors (Lipinski definition) is 2. The molecule has 2 heterocycles. The molecule has 1 aromatic heterocycles. The topological polar surface area (TPSA) is 60.7 Å². The Labute approximate surface area is 187 Å². The third-order valence-corrected chi connectivity index (χ3v) is 6.20. The number of aliphatic imine (C=N–C) groups is 1. The number of benzene rings is 1. The van der Waals surface area contributed by atoms with Crippen LogP contribution in [-0.4, -0.2) is 64.8 Å². The molecule has 7 heteroatoms. The van der Waals surface area contributed by atoms with E-state index in [4.69, 9.17) is 4.99 Å². The maximum Gasteiger partial charge on any atom is 0.191 e. The van der Waals surface area contributed by atoms with Gasteiger partial charge in [0.05, 0.1) is 12.2 Å². The molecule has 0 atom stereocenters. The van der Waals surface area contributed by atoms with Crippen LogP contribution in [0.25, 0.3) is 0 Å². The molecule has 0 unspecified atom stereocenters. The molecule has 1 aliphatic heterocycles. The molecule has 1 saturated heterocycles. The lowest BCUT2D eigenvalue weighted by molar-refractivity contribution is 0.132. The van der Waals surface area contributed by atoms with Crippen molar-refractivity contribution in [3.8, 4) is 0 Å². The highest BCUT2D eigenvalue weighted by atomic mass is 15.3. The second-order valence-corrected chi connectivity index (χ2v) is 8.35. The van der Waals surface area contributed by atoms with E-state index < -0.39 is 0 Å². The summed E-state index contributed by atoms with van der Waals surface area (Å²) in [5, 5.41) is 11.3. The standard InChI is InChI=1S/C24H39N7/c1-6-25-24(27-17-23-19(3)28-29(5)20(23)4)26-16-21-8-10-22(11-9-21)18-31-14-12-30(7-2)13-15-31/h8-11H,6-7,12-18H2,1-5H3,(H2,25,26,27). The average Bonchev–Trinajstić information content (AvgIpc) is 3.02. The number of likely N-dealkylation sites (N-methyl/N-ethyl adjacent to an activating group) is 1. The van der Waals surface area contributed by atoms with Crippen molar-refractivity contribution in [2.45, 2.75) is 47.3 Å². The monoisotopic (exact) mass is 425 g/mol. The van der Waals surface area contributed by atoms with E-state index in [1.807, 2.05) is 11.7 Å². The number of nitrogens with zero attached hydrogens (tertiary/aromatic N) is 5. The van der Waals surface area contributed by atoms with E-state index in [-0.39, 0.29) is 0 Å². The molecule has 0 radical (unpaired) electrons. The normalized spacial score (nSPS) is 16.0. The van der Waals surface area contributed by atoms with E-state index in [0.717, 1.165) is 50.9 Å². The highest BCUT2D eigenvalue weighted by Crippen LogP contribution is 2.12. The fraction of sp³-hybridized carbons (Fsp3) is 0.583. The van der Waals surface area contributed by atoms with Crippen LogP contribution in [0.4, 0.5) is 0 Å². The molecular formula is C24H39N7. The molecule has 0 amide bonds. The molecule has 0 saturated carbocycles. The first-order chi connectivity index (χ1) is 15.0. The molecule has 7 nitrogen and oxygen atoms in total. The maximum atomic E-state index is 4.78. The third kappa shape index (κ3) is 6.55. The predicted octanol–water partition coefficient (Wildman–Crippen LogP) is 2.43. The van der Waals surface area contributed by atoms with Crippen LogP contribution in [-0.2, 0) is 26.7 Å². The van der Waals surface area contributed by atoms with Gasteiger partial charge in [0.1, 0.15) is 0 Å². The molecule has 1 aromatic carbocycles. The largest absolute Gasteiger partial charge is 0.357 e. The summed E-state index contributed by atoms with van der Waals surface area (Å²) in [5.41, 5.74) is 6.09. The van der Waals surface area contributed by atoms with E-state index >= 15 is 0 Å².